The summed E-state index contributed by atoms with van der Waals surface area (Å²) in [5, 5.41) is 14.6. The molecule has 0 bridgehead atoms. The lowest BCUT2D eigenvalue weighted by Crippen LogP contribution is -2.56. The molecule has 3 unspecified atom stereocenters. The van der Waals surface area contributed by atoms with Crippen LogP contribution >= 0.6 is 11.6 Å². The third-order valence-corrected chi connectivity index (χ3v) is 7.68. The monoisotopic (exact) mass is 557 g/mol. The number of rotatable bonds is 7. The average Bonchev–Trinajstić information content (AvgIpc) is 3.14. The lowest BCUT2D eigenvalue weighted by molar-refractivity contribution is -0.124. The first-order valence-corrected chi connectivity index (χ1v) is 13.4. The molecule has 0 aromatic heterocycles. The number of anilines is 1. The maximum atomic E-state index is 13.8. The maximum Gasteiger partial charge on any atom is 0.229 e. The van der Waals surface area contributed by atoms with Crippen molar-refractivity contribution in [2.75, 3.05) is 11.4 Å². The SMILES string of the molecule is CC1(N2C[C@@H](NC(=O)C(CC(O)c3ccc(Cl)cc3)c3ccc(F)cc3)N=Cc3ccccc32)C=CC=CC1=O. The molecule has 4 atom stereocenters. The molecule has 1 amide bonds. The van der Waals surface area contributed by atoms with Crippen molar-refractivity contribution < 1.29 is 19.1 Å². The van der Waals surface area contributed by atoms with E-state index < -0.39 is 29.5 Å². The predicted octanol–water partition coefficient (Wildman–Crippen LogP) is 5.52. The molecular formula is C32H29ClFN3O3. The summed E-state index contributed by atoms with van der Waals surface area (Å²) in [5.74, 6) is -1.67. The number of aliphatic hydroxyl groups is 1. The highest BCUT2D eigenvalue weighted by atomic mass is 35.5. The summed E-state index contributed by atoms with van der Waals surface area (Å²) < 4.78 is 13.7. The van der Waals surface area contributed by atoms with E-state index in [0.717, 1.165) is 11.3 Å². The molecule has 204 valence electrons. The van der Waals surface area contributed by atoms with E-state index in [1.54, 1.807) is 54.8 Å². The molecule has 6 nitrogen and oxygen atoms in total. The van der Waals surface area contributed by atoms with Gasteiger partial charge >= 0.3 is 0 Å². The molecule has 0 saturated heterocycles. The molecule has 3 aromatic carbocycles. The molecule has 3 aromatic rings. The van der Waals surface area contributed by atoms with Crippen LogP contribution in [0.4, 0.5) is 10.1 Å². The fourth-order valence-electron chi connectivity index (χ4n) is 5.11. The van der Waals surface area contributed by atoms with E-state index in [2.05, 4.69) is 10.3 Å². The number of carbonyl (C=O) groups excluding carboxylic acids is 2. The highest BCUT2D eigenvalue weighted by Crippen LogP contribution is 2.33. The van der Waals surface area contributed by atoms with Gasteiger partial charge < -0.3 is 15.3 Å². The van der Waals surface area contributed by atoms with Gasteiger partial charge in [-0.25, -0.2) is 4.39 Å². The Morgan fingerprint density at radius 3 is 2.52 bits per heavy atom. The van der Waals surface area contributed by atoms with Crippen LogP contribution in [0.3, 0.4) is 0 Å². The standard InChI is InChI=1S/C32H29ClFN3O3/c1-32(17-5-4-8-29(32)39)37-20-30(35-19-23-6-2-3-7-27(23)37)36-31(40)26(21-11-15-25(34)16-12-21)18-28(38)22-9-13-24(33)14-10-22/h2-17,19,26,28,30,38H,18,20H2,1H3,(H,36,40)/t26?,28?,30-,32?/m1/s1. The largest absolute Gasteiger partial charge is 0.388 e. The third kappa shape index (κ3) is 5.76. The van der Waals surface area contributed by atoms with Crippen LogP contribution in [0.1, 0.15) is 42.1 Å². The Kier molecular flexibility index (Phi) is 7.96. The average molecular weight is 558 g/mol. The van der Waals surface area contributed by atoms with Gasteiger partial charge in [-0.3, -0.25) is 14.6 Å². The van der Waals surface area contributed by atoms with E-state index in [0.29, 0.717) is 16.1 Å². The first-order chi connectivity index (χ1) is 19.2. The number of para-hydroxylation sites is 1. The van der Waals surface area contributed by atoms with Gasteiger partial charge in [0.2, 0.25) is 5.91 Å². The number of hydrogen-bond donors (Lipinski definition) is 2. The van der Waals surface area contributed by atoms with Gasteiger partial charge in [0.1, 0.15) is 17.5 Å². The van der Waals surface area contributed by atoms with Gasteiger partial charge in [-0.05, 0) is 60.9 Å². The summed E-state index contributed by atoms with van der Waals surface area (Å²) in [7, 11) is 0. The number of aliphatic hydroxyl groups excluding tert-OH is 1. The van der Waals surface area contributed by atoms with Crippen molar-refractivity contribution >= 4 is 35.2 Å². The zero-order valence-electron chi connectivity index (χ0n) is 21.9. The number of carbonyl (C=O) groups is 2. The van der Waals surface area contributed by atoms with Crippen LogP contribution in [0.15, 0.2) is 102 Å². The quantitative estimate of drug-likeness (QED) is 0.401. The highest BCUT2D eigenvalue weighted by Gasteiger charge is 2.40. The second kappa shape index (κ2) is 11.6. The molecular weight excluding hydrogens is 529 g/mol. The molecule has 2 N–H and O–H groups in total. The normalized spacial score (nSPS) is 21.4. The van der Waals surface area contributed by atoms with Crippen LogP contribution in [0.25, 0.3) is 0 Å². The van der Waals surface area contributed by atoms with Crippen LogP contribution < -0.4 is 10.2 Å². The number of aliphatic imine (C=N–C) groups is 1. The minimum atomic E-state index is -0.970. The third-order valence-electron chi connectivity index (χ3n) is 7.43. The number of nitrogens with one attached hydrogen (secondary N) is 1. The Morgan fingerprint density at radius 1 is 1.10 bits per heavy atom. The number of benzene rings is 3. The van der Waals surface area contributed by atoms with Crippen molar-refractivity contribution in [3.8, 4) is 0 Å². The Hall–Kier alpha value is -4.07. The Labute approximate surface area is 237 Å². The van der Waals surface area contributed by atoms with E-state index >= 15 is 0 Å². The van der Waals surface area contributed by atoms with E-state index in [4.69, 9.17) is 11.6 Å². The molecule has 0 radical (unpaired) electrons. The lowest BCUT2D eigenvalue weighted by Gasteiger charge is -2.41. The molecule has 0 spiro atoms. The zero-order valence-corrected chi connectivity index (χ0v) is 22.6. The summed E-state index contributed by atoms with van der Waals surface area (Å²) in [4.78, 5) is 33.5. The van der Waals surface area contributed by atoms with E-state index in [9.17, 15) is 19.1 Å². The minimum Gasteiger partial charge on any atom is -0.388 e. The molecule has 0 saturated carbocycles. The number of benzodiazepines with no additional fused rings is 1. The molecule has 40 heavy (non-hydrogen) atoms. The first kappa shape index (κ1) is 27.5. The number of halogens is 2. The van der Waals surface area contributed by atoms with Gasteiger partial charge in [0.15, 0.2) is 5.78 Å². The summed E-state index contributed by atoms with van der Waals surface area (Å²) in [6.07, 6.45) is 7.04. The van der Waals surface area contributed by atoms with E-state index in [-0.39, 0.29) is 24.7 Å². The highest BCUT2D eigenvalue weighted by molar-refractivity contribution is 6.30. The first-order valence-electron chi connectivity index (χ1n) is 13.0. The zero-order chi connectivity index (χ0) is 28.3. The van der Waals surface area contributed by atoms with Crippen LogP contribution in [0.5, 0.6) is 0 Å². The van der Waals surface area contributed by atoms with E-state index in [1.165, 1.54) is 12.1 Å². The van der Waals surface area contributed by atoms with Crippen molar-refractivity contribution in [2.24, 2.45) is 4.99 Å². The molecule has 2 aliphatic rings. The number of ketones is 1. The van der Waals surface area contributed by atoms with Gasteiger partial charge in [0.25, 0.3) is 0 Å². The van der Waals surface area contributed by atoms with Crippen molar-refractivity contribution in [1.82, 2.24) is 5.32 Å². The number of nitrogens with zero attached hydrogens (tertiary/aromatic N) is 2. The number of fused-ring (bicyclic) bond motifs is 1. The van der Waals surface area contributed by atoms with Crippen molar-refractivity contribution in [3.05, 3.63) is 125 Å². The van der Waals surface area contributed by atoms with Crippen LogP contribution in [-0.4, -0.2) is 41.3 Å². The molecule has 5 rings (SSSR count). The predicted molar refractivity (Wildman–Crippen MR) is 155 cm³/mol. The lowest BCUT2D eigenvalue weighted by atomic mass is 9.88. The van der Waals surface area contributed by atoms with Gasteiger partial charge in [-0.15, -0.1) is 0 Å². The second-order valence-corrected chi connectivity index (χ2v) is 10.5. The topological polar surface area (TPSA) is 82.0 Å². The van der Waals surface area contributed by atoms with Crippen LogP contribution in [0.2, 0.25) is 5.02 Å². The molecule has 0 fully saturated rings. The smallest absolute Gasteiger partial charge is 0.229 e. The van der Waals surface area contributed by atoms with Gasteiger partial charge in [0.05, 0.1) is 18.6 Å². The van der Waals surface area contributed by atoms with Crippen LogP contribution in [0, 0.1) is 5.82 Å². The van der Waals surface area contributed by atoms with Gasteiger partial charge in [-0.2, -0.15) is 0 Å². The Balaban J connectivity index is 1.43. The second-order valence-electron chi connectivity index (χ2n) is 10.1. The summed E-state index contributed by atoms with van der Waals surface area (Å²) in [6, 6.07) is 20.1. The summed E-state index contributed by atoms with van der Waals surface area (Å²) in [5.41, 5.74) is 1.86. The summed E-state index contributed by atoms with van der Waals surface area (Å²) in [6.45, 7) is 2.08. The van der Waals surface area contributed by atoms with Crippen molar-refractivity contribution in [1.29, 1.82) is 0 Å². The molecule has 1 aliphatic heterocycles. The Bertz CT molecular complexity index is 1490. The number of allylic oxidation sites excluding steroid dienone is 2. The van der Waals surface area contributed by atoms with Crippen LogP contribution in [-0.2, 0) is 9.59 Å². The van der Waals surface area contributed by atoms with Crippen molar-refractivity contribution in [3.63, 3.8) is 0 Å². The molecule has 1 heterocycles. The fraction of sp³-hybridized carbons (Fsp3) is 0.219. The molecule has 8 heteroatoms. The Morgan fingerprint density at radius 2 is 1.80 bits per heavy atom. The minimum absolute atomic E-state index is 0.0587. The fourth-order valence-corrected chi connectivity index (χ4v) is 5.24. The van der Waals surface area contributed by atoms with Gasteiger partial charge in [-0.1, -0.05) is 72.3 Å². The van der Waals surface area contributed by atoms with Crippen molar-refractivity contribution in [2.45, 2.75) is 37.1 Å². The number of hydrogen-bond acceptors (Lipinski definition) is 5. The maximum absolute atomic E-state index is 13.8. The van der Waals surface area contributed by atoms with E-state index in [1.807, 2.05) is 48.2 Å². The number of amides is 1. The molecule has 1 aliphatic carbocycles. The summed E-state index contributed by atoms with van der Waals surface area (Å²) >= 11 is 6.00. The van der Waals surface area contributed by atoms with Gasteiger partial charge in [0, 0.05) is 22.5 Å².